The Kier molecular flexibility index (Phi) is 4.81. The van der Waals surface area contributed by atoms with Crippen molar-refractivity contribution in [3.8, 4) is 11.6 Å². The number of hydrogen-bond donors (Lipinski definition) is 1. The zero-order valence-electron chi connectivity index (χ0n) is 14.1. The van der Waals surface area contributed by atoms with Crippen molar-refractivity contribution in [2.24, 2.45) is 5.92 Å². The average Bonchev–Trinajstić information content (AvgIpc) is 3.13. The monoisotopic (exact) mass is 341 g/mol. The summed E-state index contributed by atoms with van der Waals surface area (Å²) < 4.78 is 11.4. The van der Waals surface area contributed by atoms with Gasteiger partial charge in [0.15, 0.2) is 0 Å². The van der Waals surface area contributed by atoms with Gasteiger partial charge in [-0.05, 0) is 31.4 Å². The van der Waals surface area contributed by atoms with E-state index >= 15 is 0 Å². The Morgan fingerprint density at radius 1 is 1.16 bits per heavy atom. The Balaban J connectivity index is 1.53. The second kappa shape index (κ2) is 7.37. The molecule has 1 aromatic heterocycles. The zero-order chi connectivity index (χ0) is 17.1. The van der Waals surface area contributed by atoms with Gasteiger partial charge in [-0.1, -0.05) is 18.2 Å². The van der Waals surface area contributed by atoms with Crippen LogP contribution in [-0.4, -0.2) is 47.0 Å². The lowest BCUT2D eigenvalue weighted by molar-refractivity contribution is -0.0438. The number of benzene rings is 1. The minimum atomic E-state index is -0.317. The summed E-state index contributed by atoms with van der Waals surface area (Å²) in [5, 5.41) is 10.4. The van der Waals surface area contributed by atoms with Crippen molar-refractivity contribution in [1.29, 1.82) is 0 Å². The second-order valence-corrected chi connectivity index (χ2v) is 6.61. The Labute approximate surface area is 147 Å². The van der Waals surface area contributed by atoms with E-state index in [0.29, 0.717) is 31.5 Å². The number of anilines is 1. The normalized spacial score (nSPS) is 26.6. The number of hydrogen-bond acceptors (Lipinski definition) is 6. The molecule has 6 nitrogen and oxygen atoms in total. The van der Waals surface area contributed by atoms with Gasteiger partial charge >= 0.3 is 0 Å². The van der Waals surface area contributed by atoms with Crippen LogP contribution in [0, 0.1) is 5.92 Å². The lowest BCUT2D eigenvalue weighted by Crippen LogP contribution is -2.46. The molecular formula is C19H23N3O3. The highest BCUT2D eigenvalue weighted by Gasteiger charge is 2.38. The summed E-state index contributed by atoms with van der Waals surface area (Å²) in [5.74, 6) is 2.05. The molecule has 3 atom stereocenters. The molecule has 0 aliphatic carbocycles. The van der Waals surface area contributed by atoms with Crippen LogP contribution in [0.1, 0.15) is 19.3 Å². The van der Waals surface area contributed by atoms with Gasteiger partial charge in [0, 0.05) is 37.4 Å². The van der Waals surface area contributed by atoms with E-state index in [-0.39, 0.29) is 18.1 Å². The summed E-state index contributed by atoms with van der Waals surface area (Å²) in [4.78, 5) is 11.2. The Bertz CT molecular complexity index is 697. The van der Waals surface area contributed by atoms with Crippen LogP contribution in [0.2, 0.25) is 0 Å². The van der Waals surface area contributed by atoms with Crippen LogP contribution in [-0.2, 0) is 4.74 Å². The highest BCUT2D eigenvalue weighted by Crippen LogP contribution is 2.32. The molecule has 2 saturated heterocycles. The number of para-hydroxylation sites is 1. The standard InChI is InChI=1S/C19H23N3O3/c23-17-9-12-24-13-15(17)16-7-4-11-22(16)19-20-10-8-18(21-19)25-14-5-2-1-3-6-14/h1-3,5-6,8,10,15-17,23H,4,7,9,11-13H2/t15-,16-,17-/m1/s1. The number of aromatic nitrogens is 2. The highest BCUT2D eigenvalue weighted by atomic mass is 16.5. The first kappa shape index (κ1) is 16.3. The zero-order valence-corrected chi connectivity index (χ0v) is 14.1. The lowest BCUT2D eigenvalue weighted by Gasteiger charge is -2.36. The third kappa shape index (κ3) is 3.60. The summed E-state index contributed by atoms with van der Waals surface area (Å²) in [6.07, 6.45) is 4.21. The summed E-state index contributed by atoms with van der Waals surface area (Å²) >= 11 is 0. The Hall–Kier alpha value is -2.18. The van der Waals surface area contributed by atoms with E-state index in [0.717, 1.165) is 25.1 Å². The van der Waals surface area contributed by atoms with Crippen LogP contribution in [0.25, 0.3) is 0 Å². The van der Waals surface area contributed by atoms with Crippen LogP contribution in [0.15, 0.2) is 42.6 Å². The van der Waals surface area contributed by atoms with E-state index in [2.05, 4.69) is 14.9 Å². The molecule has 0 radical (unpaired) electrons. The SMILES string of the molecule is O[C@@H]1CCOC[C@@H]1[C@H]1CCCN1c1nccc(Oc2ccccc2)n1. The molecule has 2 aliphatic heterocycles. The number of aliphatic hydroxyl groups excluding tert-OH is 1. The van der Waals surface area contributed by atoms with Crippen LogP contribution < -0.4 is 9.64 Å². The van der Waals surface area contributed by atoms with Crippen LogP contribution in [0.5, 0.6) is 11.6 Å². The quantitative estimate of drug-likeness (QED) is 0.922. The number of ether oxygens (including phenoxy) is 2. The van der Waals surface area contributed by atoms with E-state index < -0.39 is 0 Å². The van der Waals surface area contributed by atoms with Crippen LogP contribution >= 0.6 is 0 Å². The first-order valence-electron chi connectivity index (χ1n) is 8.89. The van der Waals surface area contributed by atoms with Gasteiger partial charge in [0.1, 0.15) is 5.75 Å². The second-order valence-electron chi connectivity index (χ2n) is 6.61. The van der Waals surface area contributed by atoms with Gasteiger partial charge in [-0.2, -0.15) is 4.98 Å². The van der Waals surface area contributed by atoms with Gasteiger partial charge < -0.3 is 19.5 Å². The summed E-state index contributed by atoms with van der Waals surface area (Å²) in [7, 11) is 0. The average molecular weight is 341 g/mol. The predicted molar refractivity (Wildman–Crippen MR) is 93.8 cm³/mol. The van der Waals surface area contributed by atoms with E-state index in [9.17, 15) is 5.11 Å². The fourth-order valence-electron chi connectivity index (χ4n) is 3.74. The number of nitrogens with zero attached hydrogens (tertiary/aromatic N) is 3. The first-order chi connectivity index (χ1) is 12.3. The van der Waals surface area contributed by atoms with Gasteiger partial charge in [-0.15, -0.1) is 0 Å². The van der Waals surface area contributed by atoms with Crippen molar-refractivity contribution >= 4 is 5.95 Å². The van der Waals surface area contributed by atoms with Crippen molar-refractivity contribution in [2.75, 3.05) is 24.7 Å². The first-order valence-corrected chi connectivity index (χ1v) is 8.89. The number of aliphatic hydroxyl groups is 1. The highest BCUT2D eigenvalue weighted by molar-refractivity contribution is 5.37. The van der Waals surface area contributed by atoms with Crippen LogP contribution in [0.3, 0.4) is 0 Å². The molecule has 6 heteroatoms. The topological polar surface area (TPSA) is 67.7 Å². The minimum absolute atomic E-state index is 0.110. The van der Waals surface area contributed by atoms with E-state index in [1.165, 1.54) is 0 Å². The van der Waals surface area contributed by atoms with Gasteiger partial charge in [-0.3, -0.25) is 0 Å². The third-order valence-corrected chi connectivity index (χ3v) is 5.00. The molecule has 0 spiro atoms. The summed E-state index contributed by atoms with van der Waals surface area (Å²) in [6, 6.07) is 11.6. The van der Waals surface area contributed by atoms with Gasteiger partial charge in [0.05, 0.1) is 12.7 Å². The van der Waals surface area contributed by atoms with Gasteiger partial charge in [-0.25, -0.2) is 4.98 Å². The molecule has 0 bridgehead atoms. The largest absolute Gasteiger partial charge is 0.439 e. The molecule has 0 unspecified atom stereocenters. The minimum Gasteiger partial charge on any atom is -0.439 e. The molecule has 3 heterocycles. The van der Waals surface area contributed by atoms with Crippen molar-refractivity contribution < 1.29 is 14.6 Å². The molecule has 4 rings (SSSR count). The van der Waals surface area contributed by atoms with E-state index in [4.69, 9.17) is 9.47 Å². The molecule has 1 N–H and O–H groups in total. The smallest absolute Gasteiger partial charge is 0.228 e. The molecule has 2 aromatic rings. The van der Waals surface area contributed by atoms with E-state index in [1.807, 2.05) is 30.3 Å². The van der Waals surface area contributed by atoms with Crippen molar-refractivity contribution in [3.05, 3.63) is 42.6 Å². The molecule has 2 aliphatic rings. The maximum absolute atomic E-state index is 10.4. The van der Waals surface area contributed by atoms with Crippen LogP contribution in [0.4, 0.5) is 5.95 Å². The van der Waals surface area contributed by atoms with Gasteiger partial charge in [0.25, 0.3) is 0 Å². The Morgan fingerprint density at radius 3 is 2.88 bits per heavy atom. The van der Waals surface area contributed by atoms with Gasteiger partial charge in [0.2, 0.25) is 11.8 Å². The molecule has 132 valence electrons. The molecule has 25 heavy (non-hydrogen) atoms. The summed E-state index contributed by atoms with van der Waals surface area (Å²) in [6.45, 7) is 2.13. The Morgan fingerprint density at radius 2 is 2.04 bits per heavy atom. The fraction of sp³-hybridized carbons (Fsp3) is 0.474. The van der Waals surface area contributed by atoms with Crippen molar-refractivity contribution in [1.82, 2.24) is 9.97 Å². The number of rotatable bonds is 4. The molecule has 0 saturated carbocycles. The molecule has 1 aromatic carbocycles. The molecule has 0 amide bonds. The van der Waals surface area contributed by atoms with Crippen molar-refractivity contribution in [3.63, 3.8) is 0 Å². The molecule has 2 fully saturated rings. The lowest BCUT2D eigenvalue weighted by atomic mass is 9.89. The molecular weight excluding hydrogens is 318 g/mol. The third-order valence-electron chi connectivity index (χ3n) is 5.00. The maximum atomic E-state index is 10.4. The predicted octanol–water partition coefficient (Wildman–Crippen LogP) is 2.64. The maximum Gasteiger partial charge on any atom is 0.228 e. The fourth-order valence-corrected chi connectivity index (χ4v) is 3.74. The van der Waals surface area contributed by atoms with E-state index in [1.54, 1.807) is 12.3 Å². The summed E-state index contributed by atoms with van der Waals surface area (Å²) in [5.41, 5.74) is 0. The van der Waals surface area contributed by atoms with Crippen molar-refractivity contribution in [2.45, 2.75) is 31.4 Å².